The van der Waals surface area contributed by atoms with Gasteiger partial charge in [-0.1, -0.05) is 35.9 Å². The van der Waals surface area contributed by atoms with Crippen LogP contribution < -0.4 is 24.4 Å². The summed E-state index contributed by atoms with van der Waals surface area (Å²) in [5, 5.41) is 2.54. The monoisotopic (exact) mass is 504 g/mol. The Morgan fingerprint density at radius 1 is 1.00 bits per heavy atom. The number of hydrogen-bond acceptors (Lipinski definition) is 6. The number of urea groups is 1. The highest BCUT2D eigenvalue weighted by Crippen LogP contribution is 2.37. The number of anilines is 1. The number of nitrogens with zero attached hydrogens (tertiary/aromatic N) is 1. The molecule has 1 saturated heterocycles. The molecule has 1 heterocycles. The van der Waals surface area contributed by atoms with Crippen molar-refractivity contribution in [3.05, 3.63) is 64.2 Å². The maximum atomic E-state index is 13.3. The van der Waals surface area contributed by atoms with Gasteiger partial charge in [-0.25, -0.2) is 9.69 Å². The van der Waals surface area contributed by atoms with E-state index in [-0.39, 0.29) is 39.4 Å². The van der Waals surface area contributed by atoms with Crippen molar-refractivity contribution in [1.82, 2.24) is 5.32 Å². The number of benzene rings is 2. The smallest absolute Gasteiger partial charge is 0.336 e. The fraction of sp³-hybridized carbons (Fsp3) is 0.208. The Morgan fingerprint density at radius 2 is 1.68 bits per heavy atom. The van der Waals surface area contributed by atoms with Crippen LogP contribution in [0, 0.1) is 0 Å². The Hall–Kier alpha value is -3.49. The quantitative estimate of drug-likeness (QED) is 0.292. The molecule has 0 aromatic heterocycles. The molecule has 34 heavy (non-hydrogen) atoms. The number of carbonyl (C=O) groups excluding carboxylic acids is 3. The normalized spacial score (nSPS) is 14.8. The Labute approximate surface area is 206 Å². The lowest BCUT2D eigenvalue weighted by atomic mass is 10.1. The van der Waals surface area contributed by atoms with E-state index in [0.717, 1.165) is 4.90 Å². The summed E-state index contributed by atoms with van der Waals surface area (Å²) in [7, 11) is 0. The molecule has 0 aliphatic carbocycles. The molecule has 8 nitrogen and oxygen atoms in total. The Balaban J connectivity index is 2.04. The van der Waals surface area contributed by atoms with E-state index in [9.17, 15) is 14.4 Å². The molecule has 1 aliphatic rings. The third-order valence-electron chi connectivity index (χ3n) is 4.56. The molecule has 0 atom stereocenters. The van der Waals surface area contributed by atoms with Crippen LogP contribution in [0.4, 0.5) is 10.5 Å². The Bertz CT molecular complexity index is 1160. The molecule has 2 aromatic carbocycles. The molecule has 1 aliphatic heterocycles. The van der Waals surface area contributed by atoms with Crippen LogP contribution in [0.15, 0.2) is 48.6 Å². The molecule has 0 radical (unpaired) electrons. The van der Waals surface area contributed by atoms with E-state index < -0.39 is 17.8 Å². The zero-order valence-electron chi connectivity index (χ0n) is 18.5. The van der Waals surface area contributed by atoms with Gasteiger partial charge in [0, 0.05) is 6.07 Å². The largest absolute Gasteiger partial charge is 0.494 e. The number of nitrogens with one attached hydrogen (secondary N) is 1. The highest BCUT2D eigenvalue weighted by molar-refractivity contribution is 6.40. The maximum Gasteiger partial charge on any atom is 0.336 e. The van der Waals surface area contributed by atoms with Crippen LogP contribution in [0.25, 0.3) is 6.08 Å². The summed E-state index contributed by atoms with van der Waals surface area (Å²) in [4.78, 5) is 39.4. The standard InChI is InChI=1S/C24H22Cl2N2O6/c1-4-9-34-21-17(25)11-14(12-18(21)26)10-16-22(29)27-24(31)28(23(16)30)19-13-15(32-5-2)7-8-20(19)33-6-3/h4,7-8,10-13H,1,5-6,9H2,2-3H3,(H,27,29,31)/b16-10+. The summed E-state index contributed by atoms with van der Waals surface area (Å²) in [6.07, 6.45) is 2.83. The summed E-state index contributed by atoms with van der Waals surface area (Å²) in [6.45, 7) is 8.01. The van der Waals surface area contributed by atoms with E-state index >= 15 is 0 Å². The van der Waals surface area contributed by atoms with E-state index in [2.05, 4.69) is 11.9 Å². The van der Waals surface area contributed by atoms with Gasteiger partial charge in [-0.2, -0.15) is 0 Å². The van der Waals surface area contributed by atoms with Gasteiger partial charge in [0.15, 0.2) is 5.75 Å². The second kappa shape index (κ2) is 11.1. The van der Waals surface area contributed by atoms with Crippen LogP contribution in [0.2, 0.25) is 10.0 Å². The van der Waals surface area contributed by atoms with E-state index in [4.69, 9.17) is 37.4 Å². The molecule has 0 bridgehead atoms. The summed E-state index contributed by atoms with van der Waals surface area (Å²) in [5.41, 5.74) is 0.204. The number of rotatable bonds is 9. The molecular formula is C24H22Cl2N2O6. The van der Waals surface area contributed by atoms with Gasteiger partial charge in [-0.05, 0) is 49.8 Å². The molecule has 178 valence electrons. The zero-order valence-corrected chi connectivity index (χ0v) is 20.0. The van der Waals surface area contributed by atoms with Crippen molar-refractivity contribution in [2.75, 3.05) is 24.7 Å². The first-order chi connectivity index (χ1) is 16.3. The minimum absolute atomic E-state index is 0.137. The van der Waals surface area contributed by atoms with Crippen molar-refractivity contribution in [2.24, 2.45) is 0 Å². The Kier molecular flexibility index (Phi) is 8.20. The van der Waals surface area contributed by atoms with Gasteiger partial charge in [0.25, 0.3) is 11.8 Å². The van der Waals surface area contributed by atoms with Gasteiger partial charge < -0.3 is 14.2 Å². The van der Waals surface area contributed by atoms with Gasteiger partial charge in [0.1, 0.15) is 23.7 Å². The average molecular weight is 505 g/mol. The number of barbiturate groups is 1. The zero-order chi connectivity index (χ0) is 24.8. The molecule has 10 heteroatoms. The average Bonchev–Trinajstić information content (AvgIpc) is 2.78. The van der Waals surface area contributed by atoms with Gasteiger partial charge >= 0.3 is 6.03 Å². The van der Waals surface area contributed by atoms with Crippen LogP contribution >= 0.6 is 23.2 Å². The summed E-state index contributed by atoms with van der Waals surface area (Å²) < 4.78 is 16.5. The first kappa shape index (κ1) is 25.1. The van der Waals surface area contributed by atoms with Gasteiger partial charge in [-0.3, -0.25) is 14.9 Å². The Morgan fingerprint density at radius 3 is 2.29 bits per heavy atom. The van der Waals surface area contributed by atoms with Crippen molar-refractivity contribution in [1.29, 1.82) is 0 Å². The number of imide groups is 2. The van der Waals surface area contributed by atoms with Gasteiger partial charge in [0.2, 0.25) is 0 Å². The van der Waals surface area contributed by atoms with Gasteiger partial charge in [0.05, 0.1) is 28.9 Å². The molecule has 4 amide bonds. The van der Waals surface area contributed by atoms with Crippen LogP contribution in [0.5, 0.6) is 17.2 Å². The SMILES string of the molecule is C=CCOc1c(Cl)cc(/C=C2\C(=O)NC(=O)N(c3cc(OCC)ccc3OCC)C2=O)cc1Cl. The van der Waals surface area contributed by atoms with Crippen LogP contribution in [0.3, 0.4) is 0 Å². The van der Waals surface area contributed by atoms with Gasteiger partial charge in [-0.15, -0.1) is 0 Å². The molecule has 1 fully saturated rings. The predicted molar refractivity (Wildman–Crippen MR) is 130 cm³/mol. The molecule has 0 unspecified atom stereocenters. The lowest BCUT2D eigenvalue weighted by Gasteiger charge is -2.28. The third-order valence-corrected chi connectivity index (χ3v) is 5.12. The highest BCUT2D eigenvalue weighted by Gasteiger charge is 2.38. The third kappa shape index (κ3) is 5.35. The van der Waals surface area contributed by atoms with E-state index in [1.165, 1.54) is 30.4 Å². The number of halogens is 2. The lowest BCUT2D eigenvalue weighted by Crippen LogP contribution is -2.54. The molecule has 0 spiro atoms. The molecule has 0 saturated carbocycles. The molecule has 3 rings (SSSR count). The van der Waals surface area contributed by atoms with Crippen molar-refractivity contribution in [3.63, 3.8) is 0 Å². The number of carbonyl (C=O) groups is 3. The lowest BCUT2D eigenvalue weighted by molar-refractivity contribution is -0.122. The summed E-state index contributed by atoms with van der Waals surface area (Å²) >= 11 is 12.5. The van der Waals surface area contributed by atoms with E-state index in [0.29, 0.717) is 24.5 Å². The first-order valence-corrected chi connectivity index (χ1v) is 11.1. The van der Waals surface area contributed by atoms with Crippen LogP contribution in [-0.2, 0) is 9.59 Å². The number of ether oxygens (including phenoxy) is 3. The van der Waals surface area contributed by atoms with Crippen LogP contribution in [-0.4, -0.2) is 37.7 Å². The van der Waals surface area contributed by atoms with Crippen LogP contribution in [0.1, 0.15) is 19.4 Å². The maximum absolute atomic E-state index is 13.3. The number of hydrogen-bond donors (Lipinski definition) is 1. The second-order valence-corrected chi connectivity index (χ2v) is 7.68. The van der Waals surface area contributed by atoms with Crippen molar-refractivity contribution < 1.29 is 28.6 Å². The number of amides is 4. The fourth-order valence-electron chi connectivity index (χ4n) is 3.19. The second-order valence-electron chi connectivity index (χ2n) is 6.87. The predicted octanol–water partition coefficient (Wildman–Crippen LogP) is 5.02. The van der Waals surface area contributed by atoms with E-state index in [1.54, 1.807) is 26.0 Å². The molecular weight excluding hydrogens is 483 g/mol. The molecule has 2 aromatic rings. The fourth-order valence-corrected chi connectivity index (χ4v) is 3.80. The van der Waals surface area contributed by atoms with Crippen molar-refractivity contribution in [3.8, 4) is 17.2 Å². The minimum atomic E-state index is -0.911. The summed E-state index contributed by atoms with van der Waals surface area (Å²) in [6, 6.07) is 6.81. The minimum Gasteiger partial charge on any atom is -0.494 e. The molecule has 1 N–H and O–H groups in total. The van der Waals surface area contributed by atoms with Crippen molar-refractivity contribution in [2.45, 2.75) is 13.8 Å². The van der Waals surface area contributed by atoms with Crippen molar-refractivity contribution >= 4 is 52.8 Å². The topological polar surface area (TPSA) is 94.2 Å². The first-order valence-electron chi connectivity index (χ1n) is 10.3. The highest BCUT2D eigenvalue weighted by atomic mass is 35.5. The van der Waals surface area contributed by atoms with E-state index in [1.807, 2.05) is 0 Å². The summed E-state index contributed by atoms with van der Waals surface area (Å²) in [5.74, 6) is -0.752.